The van der Waals surface area contributed by atoms with Crippen molar-refractivity contribution in [2.75, 3.05) is 20.8 Å². The predicted octanol–water partition coefficient (Wildman–Crippen LogP) is 1.92. The molecule has 0 atom stereocenters. The highest BCUT2D eigenvalue weighted by atomic mass is 16.5. The van der Waals surface area contributed by atoms with Gasteiger partial charge in [-0.15, -0.1) is 0 Å². The van der Waals surface area contributed by atoms with Crippen molar-refractivity contribution in [3.8, 4) is 11.5 Å². The van der Waals surface area contributed by atoms with Gasteiger partial charge in [0.1, 0.15) is 0 Å². The minimum Gasteiger partial charge on any atom is -0.493 e. The van der Waals surface area contributed by atoms with Crippen LogP contribution in [0.1, 0.15) is 36.0 Å². The zero-order valence-corrected chi connectivity index (χ0v) is 12.9. The summed E-state index contributed by atoms with van der Waals surface area (Å²) in [7, 11) is 2.79. The van der Waals surface area contributed by atoms with Crippen LogP contribution in [0.2, 0.25) is 0 Å². The number of hydrogen-bond donors (Lipinski definition) is 1. The molecule has 0 aromatic heterocycles. The average Bonchev–Trinajstić information content (AvgIpc) is 3.04. The minimum absolute atomic E-state index is 0.0789. The molecule has 0 spiro atoms. The van der Waals surface area contributed by atoms with Crippen LogP contribution in [0, 0.1) is 0 Å². The summed E-state index contributed by atoms with van der Waals surface area (Å²) >= 11 is 0. The molecule has 6 nitrogen and oxygen atoms in total. The third kappa shape index (κ3) is 4.13. The summed E-state index contributed by atoms with van der Waals surface area (Å²) in [4.78, 5) is 23.3. The Labute approximate surface area is 129 Å². The second-order valence-corrected chi connectivity index (χ2v) is 5.19. The van der Waals surface area contributed by atoms with Crippen LogP contribution in [0.15, 0.2) is 18.2 Å². The van der Waals surface area contributed by atoms with Gasteiger partial charge < -0.3 is 19.5 Å². The Morgan fingerprint density at radius 3 is 2.55 bits per heavy atom. The average molecular weight is 307 g/mol. The summed E-state index contributed by atoms with van der Waals surface area (Å²) in [6.07, 6.45) is 4.38. The maximum absolute atomic E-state index is 11.8. The van der Waals surface area contributed by atoms with Gasteiger partial charge >= 0.3 is 5.97 Å². The van der Waals surface area contributed by atoms with Crippen LogP contribution in [0.3, 0.4) is 0 Å². The summed E-state index contributed by atoms with van der Waals surface area (Å²) in [5.41, 5.74) is 0.363. The fourth-order valence-electron chi connectivity index (χ4n) is 2.51. The summed E-state index contributed by atoms with van der Waals surface area (Å²) in [6.45, 7) is -0.0789. The Morgan fingerprint density at radius 1 is 1.18 bits per heavy atom. The van der Waals surface area contributed by atoms with Gasteiger partial charge in [-0.3, -0.25) is 4.79 Å². The highest BCUT2D eigenvalue weighted by Crippen LogP contribution is 2.28. The van der Waals surface area contributed by atoms with Gasteiger partial charge in [0, 0.05) is 6.04 Å². The van der Waals surface area contributed by atoms with E-state index in [4.69, 9.17) is 9.47 Å². The van der Waals surface area contributed by atoms with Crippen molar-refractivity contribution in [3.63, 3.8) is 0 Å². The van der Waals surface area contributed by atoms with E-state index in [0.29, 0.717) is 17.1 Å². The molecule has 1 amide bonds. The number of carbonyl (C=O) groups excluding carboxylic acids is 2. The monoisotopic (exact) mass is 307 g/mol. The molecule has 0 unspecified atom stereocenters. The molecule has 22 heavy (non-hydrogen) atoms. The van der Waals surface area contributed by atoms with Crippen molar-refractivity contribution in [1.82, 2.24) is 5.32 Å². The van der Waals surface area contributed by atoms with Crippen molar-refractivity contribution < 1.29 is 23.8 Å². The van der Waals surface area contributed by atoms with E-state index in [-0.39, 0.29) is 18.6 Å². The van der Waals surface area contributed by atoms with Gasteiger partial charge in [0.25, 0.3) is 5.91 Å². The molecule has 0 aliphatic heterocycles. The van der Waals surface area contributed by atoms with Crippen LogP contribution in [0.4, 0.5) is 0 Å². The number of nitrogens with one attached hydrogen (secondary N) is 1. The van der Waals surface area contributed by atoms with Crippen molar-refractivity contribution >= 4 is 11.9 Å². The van der Waals surface area contributed by atoms with E-state index in [1.54, 1.807) is 12.1 Å². The first-order chi connectivity index (χ1) is 10.6. The van der Waals surface area contributed by atoms with Gasteiger partial charge in [-0.05, 0) is 31.0 Å². The Balaban J connectivity index is 1.93. The normalized spacial score (nSPS) is 14.5. The third-order valence-electron chi connectivity index (χ3n) is 3.66. The molecular formula is C16H21NO5. The Hall–Kier alpha value is -2.24. The van der Waals surface area contributed by atoms with Gasteiger partial charge in [-0.1, -0.05) is 12.8 Å². The van der Waals surface area contributed by atoms with Crippen LogP contribution in [-0.4, -0.2) is 38.7 Å². The van der Waals surface area contributed by atoms with Crippen molar-refractivity contribution in [3.05, 3.63) is 23.8 Å². The SMILES string of the molecule is COC(=O)c1ccc(OCC(=O)NC2CCCC2)c(OC)c1. The van der Waals surface area contributed by atoms with Crippen molar-refractivity contribution in [2.24, 2.45) is 0 Å². The number of hydrogen-bond acceptors (Lipinski definition) is 5. The van der Waals surface area contributed by atoms with E-state index < -0.39 is 5.97 Å². The lowest BCUT2D eigenvalue weighted by molar-refractivity contribution is -0.123. The molecule has 1 aliphatic carbocycles. The van der Waals surface area contributed by atoms with Crippen LogP contribution in [0.25, 0.3) is 0 Å². The Bertz CT molecular complexity index is 537. The zero-order chi connectivity index (χ0) is 15.9. The topological polar surface area (TPSA) is 73.9 Å². The highest BCUT2D eigenvalue weighted by molar-refractivity contribution is 5.90. The molecule has 1 aromatic carbocycles. The first-order valence-corrected chi connectivity index (χ1v) is 7.32. The highest BCUT2D eigenvalue weighted by Gasteiger charge is 2.18. The van der Waals surface area contributed by atoms with Crippen LogP contribution in [0.5, 0.6) is 11.5 Å². The summed E-state index contributed by atoms with van der Waals surface area (Å²) in [5, 5.41) is 2.95. The van der Waals surface area contributed by atoms with E-state index >= 15 is 0 Å². The van der Waals surface area contributed by atoms with Gasteiger partial charge in [0.2, 0.25) is 0 Å². The van der Waals surface area contributed by atoms with E-state index in [2.05, 4.69) is 10.1 Å². The number of rotatable bonds is 6. The first kappa shape index (κ1) is 16.1. The van der Waals surface area contributed by atoms with E-state index in [0.717, 1.165) is 25.7 Å². The molecule has 2 rings (SSSR count). The van der Waals surface area contributed by atoms with E-state index in [9.17, 15) is 9.59 Å². The maximum atomic E-state index is 11.8. The van der Waals surface area contributed by atoms with Crippen LogP contribution >= 0.6 is 0 Å². The molecule has 0 saturated heterocycles. The molecule has 1 N–H and O–H groups in total. The molecule has 120 valence electrons. The summed E-state index contributed by atoms with van der Waals surface area (Å²) in [5.74, 6) is 0.197. The summed E-state index contributed by atoms with van der Waals surface area (Å²) in [6, 6.07) is 4.95. The fraction of sp³-hybridized carbons (Fsp3) is 0.500. The summed E-state index contributed by atoms with van der Waals surface area (Å²) < 4.78 is 15.3. The van der Waals surface area contributed by atoms with Crippen molar-refractivity contribution in [2.45, 2.75) is 31.7 Å². The van der Waals surface area contributed by atoms with Gasteiger partial charge in [0.15, 0.2) is 18.1 Å². The molecule has 0 radical (unpaired) electrons. The quantitative estimate of drug-likeness (QED) is 0.813. The molecular weight excluding hydrogens is 286 g/mol. The first-order valence-electron chi connectivity index (χ1n) is 7.32. The number of methoxy groups -OCH3 is 2. The fourth-order valence-corrected chi connectivity index (χ4v) is 2.51. The number of esters is 1. The lowest BCUT2D eigenvalue weighted by Gasteiger charge is -2.14. The molecule has 1 aliphatic rings. The number of benzene rings is 1. The molecule has 0 heterocycles. The Kier molecular flexibility index (Phi) is 5.63. The number of amides is 1. The lowest BCUT2D eigenvalue weighted by atomic mass is 10.2. The van der Waals surface area contributed by atoms with Gasteiger partial charge in [-0.2, -0.15) is 0 Å². The van der Waals surface area contributed by atoms with Gasteiger partial charge in [0.05, 0.1) is 19.8 Å². The second-order valence-electron chi connectivity index (χ2n) is 5.19. The zero-order valence-electron chi connectivity index (χ0n) is 12.9. The molecule has 1 aromatic rings. The molecule has 1 fully saturated rings. The smallest absolute Gasteiger partial charge is 0.337 e. The maximum Gasteiger partial charge on any atom is 0.337 e. The van der Waals surface area contributed by atoms with Crippen LogP contribution < -0.4 is 14.8 Å². The largest absolute Gasteiger partial charge is 0.493 e. The molecule has 1 saturated carbocycles. The lowest BCUT2D eigenvalue weighted by Crippen LogP contribution is -2.36. The minimum atomic E-state index is -0.455. The molecule has 6 heteroatoms. The molecule has 0 bridgehead atoms. The number of ether oxygens (including phenoxy) is 3. The van der Waals surface area contributed by atoms with E-state index in [1.165, 1.54) is 20.3 Å². The standard InChI is InChI=1S/C16H21NO5/c1-20-14-9-11(16(19)21-2)7-8-13(14)22-10-15(18)17-12-5-3-4-6-12/h7-9,12H,3-6,10H2,1-2H3,(H,17,18). The number of carbonyl (C=O) groups is 2. The Morgan fingerprint density at radius 2 is 1.91 bits per heavy atom. The third-order valence-corrected chi connectivity index (χ3v) is 3.66. The predicted molar refractivity (Wildman–Crippen MR) is 80.2 cm³/mol. The van der Waals surface area contributed by atoms with Crippen LogP contribution in [-0.2, 0) is 9.53 Å². The second kappa shape index (κ2) is 7.68. The van der Waals surface area contributed by atoms with E-state index in [1.807, 2.05) is 0 Å². The van der Waals surface area contributed by atoms with Gasteiger partial charge in [-0.25, -0.2) is 4.79 Å². The van der Waals surface area contributed by atoms with Crippen molar-refractivity contribution in [1.29, 1.82) is 0 Å².